The van der Waals surface area contributed by atoms with Gasteiger partial charge in [-0.2, -0.15) is 0 Å². The van der Waals surface area contributed by atoms with E-state index >= 15 is 0 Å². The first kappa shape index (κ1) is 18.4. The predicted molar refractivity (Wildman–Crippen MR) is 89.5 cm³/mol. The fourth-order valence-electron chi connectivity index (χ4n) is 2.58. The van der Waals surface area contributed by atoms with Crippen molar-refractivity contribution >= 4 is 11.8 Å². The van der Waals surface area contributed by atoms with Gasteiger partial charge in [0.1, 0.15) is 0 Å². The Morgan fingerprint density at radius 2 is 1.95 bits per heavy atom. The van der Waals surface area contributed by atoms with Gasteiger partial charge < -0.3 is 4.74 Å². The number of carbonyl (C=O) groups excluding carboxylic acids is 2. The van der Waals surface area contributed by atoms with E-state index in [0.29, 0.717) is 12.3 Å². The summed E-state index contributed by atoms with van der Waals surface area (Å²) in [5.74, 6) is 0.339. The van der Waals surface area contributed by atoms with Crippen molar-refractivity contribution in [2.75, 3.05) is 7.11 Å². The highest BCUT2D eigenvalue weighted by atomic mass is 16.5. The molecule has 0 aromatic heterocycles. The molecule has 1 aliphatic rings. The van der Waals surface area contributed by atoms with Crippen LogP contribution in [0.25, 0.3) is 0 Å². The van der Waals surface area contributed by atoms with E-state index in [2.05, 4.69) is 17.7 Å². The van der Waals surface area contributed by atoms with Crippen LogP contribution >= 0.6 is 0 Å². The van der Waals surface area contributed by atoms with Crippen LogP contribution in [0.1, 0.15) is 58.3 Å². The molecule has 0 N–H and O–H groups in total. The molecule has 0 saturated heterocycles. The largest absolute Gasteiger partial charge is 0.469 e. The van der Waals surface area contributed by atoms with Gasteiger partial charge in [-0.25, -0.2) is 0 Å². The number of carbonyl (C=O) groups is 2. The van der Waals surface area contributed by atoms with Gasteiger partial charge in [0, 0.05) is 17.9 Å². The summed E-state index contributed by atoms with van der Waals surface area (Å²) in [6.07, 6.45) is 17.8. The summed E-state index contributed by atoms with van der Waals surface area (Å²) in [6.45, 7) is 2.10. The first-order chi connectivity index (χ1) is 10.7. The van der Waals surface area contributed by atoms with Crippen LogP contribution < -0.4 is 0 Å². The van der Waals surface area contributed by atoms with Gasteiger partial charge in [0.05, 0.1) is 7.11 Å². The van der Waals surface area contributed by atoms with Crippen molar-refractivity contribution < 1.29 is 14.3 Å². The molecule has 0 radical (unpaired) electrons. The Morgan fingerprint density at radius 3 is 2.68 bits per heavy atom. The standard InChI is InChI=1S/C19H28O3/c1-3-16-14-15-18(20)17(16)12-10-8-6-4-5-7-9-11-13-19(21)22-2/h8,10,12,14-16H,3-7,9,11,13H2,1-2H3/b10-8+,17-12+. The van der Waals surface area contributed by atoms with E-state index in [1.807, 2.05) is 18.2 Å². The summed E-state index contributed by atoms with van der Waals surface area (Å²) in [5.41, 5.74) is 0.918. The molecule has 122 valence electrons. The third-order valence-electron chi connectivity index (χ3n) is 3.99. The van der Waals surface area contributed by atoms with Crippen LogP contribution in [0.3, 0.4) is 0 Å². The maximum absolute atomic E-state index is 11.7. The molecule has 0 aromatic carbocycles. The van der Waals surface area contributed by atoms with Crippen molar-refractivity contribution in [3.05, 3.63) is 36.0 Å². The lowest BCUT2D eigenvalue weighted by Crippen LogP contribution is -2.00. The summed E-state index contributed by atoms with van der Waals surface area (Å²) in [7, 11) is 1.43. The van der Waals surface area contributed by atoms with Crippen molar-refractivity contribution in [2.45, 2.75) is 58.3 Å². The van der Waals surface area contributed by atoms with Gasteiger partial charge in [-0.1, -0.05) is 50.5 Å². The molecule has 1 atom stereocenters. The zero-order chi connectivity index (χ0) is 16.2. The van der Waals surface area contributed by atoms with Gasteiger partial charge in [-0.15, -0.1) is 0 Å². The quantitative estimate of drug-likeness (QED) is 0.338. The topological polar surface area (TPSA) is 43.4 Å². The van der Waals surface area contributed by atoms with Gasteiger partial charge >= 0.3 is 5.97 Å². The Balaban J connectivity index is 2.07. The number of ether oxygens (including phenoxy) is 1. The zero-order valence-electron chi connectivity index (χ0n) is 13.8. The molecule has 1 aliphatic carbocycles. The lowest BCUT2D eigenvalue weighted by Gasteiger charge is -2.04. The van der Waals surface area contributed by atoms with E-state index < -0.39 is 0 Å². The fraction of sp³-hybridized carbons (Fsp3) is 0.579. The zero-order valence-corrected chi connectivity index (χ0v) is 13.8. The van der Waals surface area contributed by atoms with Crippen LogP contribution in [-0.4, -0.2) is 18.9 Å². The number of esters is 1. The van der Waals surface area contributed by atoms with Crippen LogP contribution in [0, 0.1) is 5.92 Å². The molecule has 1 rings (SSSR count). The normalized spacial score (nSPS) is 19.5. The number of hydrogen-bond donors (Lipinski definition) is 0. The molecule has 0 bridgehead atoms. The minimum atomic E-state index is -0.114. The number of rotatable bonds is 10. The Morgan fingerprint density at radius 1 is 1.23 bits per heavy atom. The summed E-state index contributed by atoms with van der Waals surface area (Å²) < 4.78 is 4.61. The van der Waals surface area contributed by atoms with E-state index in [0.717, 1.165) is 44.1 Å². The number of hydrogen-bond acceptors (Lipinski definition) is 3. The molecule has 3 nitrogen and oxygen atoms in total. The van der Waals surface area contributed by atoms with Gasteiger partial charge in [-0.05, 0) is 31.8 Å². The van der Waals surface area contributed by atoms with E-state index in [9.17, 15) is 9.59 Å². The Hall–Kier alpha value is -1.64. The first-order valence-corrected chi connectivity index (χ1v) is 8.35. The smallest absolute Gasteiger partial charge is 0.305 e. The number of ketones is 1. The van der Waals surface area contributed by atoms with Crippen molar-refractivity contribution in [1.29, 1.82) is 0 Å². The van der Waals surface area contributed by atoms with Crippen molar-refractivity contribution in [3.63, 3.8) is 0 Å². The molecule has 0 heterocycles. The minimum absolute atomic E-state index is 0.114. The van der Waals surface area contributed by atoms with E-state index in [4.69, 9.17) is 0 Å². The van der Waals surface area contributed by atoms with Crippen molar-refractivity contribution in [2.24, 2.45) is 5.92 Å². The van der Waals surface area contributed by atoms with E-state index in [-0.39, 0.29) is 11.8 Å². The Bertz CT molecular complexity index is 444. The molecule has 0 fully saturated rings. The van der Waals surface area contributed by atoms with Crippen LogP contribution in [0.5, 0.6) is 0 Å². The van der Waals surface area contributed by atoms with Crippen molar-refractivity contribution in [1.82, 2.24) is 0 Å². The molecule has 0 aromatic rings. The minimum Gasteiger partial charge on any atom is -0.469 e. The van der Waals surface area contributed by atoms with E-state index in [1.165, 1.54) is 13.5 Å². The number of unbranched alkanes of at least 4 members (excludes halogenated alkanes) is 5. The van der Waals surface area contributed by atoms with Crippen LogP contribution in [0.2, 0.25) is 0 Å². The first-order valence-electron chi connectivity index (χ1n) is 8.35. The fourth-order valence-corrected chi connectivity index (χ4v) is 2.58. The number of allylic oxidation sites excluding steroid dienone is 6. The highest BCUT2D eigenvalue weighted by Crippen LogP contribution is 2.24. The number of methoxy groups -OCH3 is 1. The van der Waals surface area contributed by atoms with Gasteiger partial charge in [0.25, 0.3) is 0 Å². The summed E-state index contributed by atoms with van der Waals surface area (Å²) >= 11 is 0. The molecule has 22 heavy (non-hydrogen) atoms. The highest BCUT2D eigenvalue weighted by Gasteiger charge is 2.20. The second-order valence-corrected chi connectivity index (χ2v) is 5.67. The molecular weight excluding hydrogens is 276 g/mol. The molecule has 3 heteroatoms. The predicted octanol–water partition coefficient (Wildman–Crippen LogP) is 4.54. The Labute approximate surface area is 134 Å². The second-order valence-electron chi connectivity index (χ2n) is 5.67. The Kier molecular flexibility index (Phi) is 9.20. The van der Waals surface area contributed by atoms with Crippen LogP contribution in [0.15, 0.2) is 36.0 Å². The lowest BCUT2D eigenvalue weighted by atomic mass is 9.99. The summed E-state index contributed by atoms with van der Waals surface area (Å²) in [4.78, 5) is 22.6. The molecular formula is C19H28O3. The lowest BCUT2D eigenvalue weighted by molar-refractivity contribution is -0.140. The van der Waals surface area contributed by atoms with Crippen molar-refractivity contribution in [3.8, 4) is 0 Å². The van der Waals surface area contributed by atoms with E-state index in [1.54, 1.807) is 6.08 Å². The molecule has 0 spiro atoms. The summed E-state index contributed by atoms with van der Waals surface area (Å²) in [6, 6.07) is 0. The maximum atomic E-state index is 11.7. The van der Waals surface area contributed by atoms with Gasteiger partial charge in [-0.3, -0.25) is 9.59 Å². The summed E-state index contributed by atoms with van der Waals surface area (Å²) in [5, 5.41) is 0. The SMILES string of the molecule is CCC1C=CC(=O)/C1=C/C=C/CCCCCCCC(=O)OC. The molecule has 0 aliphatic heterocycles. The third-order valence-corrected chi connectivity index (χ3v) is 3.99. The second kappa shape index (κ2) is 11.0. The third kappa shape index (κ3) is 6.88. The van der Waals surface area contributed by atoms with Crippen LogP contribution in [-0.2, 0) is 14.3 Å². The van der Waals surface area contributed by atoms with Crippen LogP contribution in [0.4, 0.5) is 0 Å². The average Bonchev–Trinajstić information content (AvgIpc) is 2.89. The average molecular weight is 304 g/mol. The van der Waals surface area contributed by atoms with Gasteiger partial charge in [0.2, 0.25) is 0 Å². The highest BCUT2D eigenvalue weighted by molar-refractivity contribution is 6.07. The molecule has 0 saturated carbocycles. The maximum Gasteiger partial charge on any atom is 0.305 e. The molecule has 1 unspecified atom stereocenters. The molecule has 0 amide bonds. The monoisotopic (exact) mass is 304 g/mol. The van der Waals surface area contributed by atoms with Gasteiger partial charge in [0.15, 0.2) is 5.78 Å².